The van der Waals surface area contributed by atoms with E-state index < -0.39 is 0 Å². The van der Waals surface area contributed by atoms with E-state index in [2.05, 4.69) is 20.3 Å². The summed E-state index contributed by atoms with van der Waals surface area (Å²) in [6.45, 7) is 6.53. The smallest absolute Gasteiger partial charge is 0.262 e. The van der Waals surface area contributed by atoms with E-state index in [0.717, 1.165) is 0 Å². The van der Waals surface area contributed by atoms with Crippen LogP contribution in [0.5, 0.6) is 0 Å². The van der Waals surface area contributed by atoms with E-state index in [4.69, 9.17) is 14.5 Å². The van der Waals surface area contributed by atoms with Crippen molar-refractivity contribution < 1.29 is 9.26 Å². The second-order valence-corrected chi connectivity index (χ2v) is 4.35. The summed E-state index contributed by atoms with van der Waals surface area (Å²) in [5.74, 6) is 0.979. The van der Waals surface area contributed by atoms with Gasteiger partial charge < -0.3 is 9.26 Å². The summed E-state index contributed by atoms with van der Waals surface area (Å²) in [5, 5.41) is 19.2. The van der Waals surface area contributed by atoms with Crippen molar-refractivity contribution in [3.63, 3.8) is 0 Å². The van der Waals surface area contributed by atoms with E-state index in [-0.39, 0.29) is 17.9 Å². The number of nitrogens with one attached hydrogen (secondary N) is 1. The topological polar surface area (TPSA) is 101 Å². The van der Waals surface area contributed by atoms with E-state index in [9.17, 15) is 0 Å². The highest BCUT2D eigenvalue weighted by molar-refractivity contribution is 5.59. The number of aromatic nitrogens is 4. The molecule has 19 heavy (non-hydrogen) atoms. The van der Waals surface area contributed by atoms with Gasteiger partial charge in [0, 0.05) is 6.61 Å². The molecule has 0 spiro atoms. The second kappa shape index (κ2) is 5.63. The number of nitriles is 1. The van der Waals surface area contributed by atoms with Crippen LogP contribution in [0.1, 0.15) is 38.4 Å². The highest BCUT2D eigenvalue weighted by Gasteiger charge is 2.23. The maximum atomic E-state index is 8.92. The van der Waals surface area contributed by atoms with Crippen molar-refractivity contribution in [3.05, 3.63) is 17.7 Å². The maximum absolute atomic E-state index is 8.92. The molecule has 2 aromatic heterocycles. The van der Waals surface area contributed by atoms with Gasteiger partial charge in [-0.15, -0.1) is 0 Å². The largest absolute Gasteiger partial charge is 0.370 e. The van der Waals surface area contributed by atoms with Crippen molar-refractivity contribution in [2.45, 2.75) is 26.9 Å². The Bertz CT molecular complexity index is 581. The molecular formula is C12H15N5O2. The van der Waals surface area contributed by atoms with Gasteiger partial charge in [0.05, 0.1) is 11.8 Å². The summed E-state index contributed by atoms with van der Waals surface area (Å²) in [6.07, 6.45) is 1.26. The number of aromatic amines is 1. The SMILES string of the molecule is CCOC(c1noc(-c2cn[nH]c2C#N)n1)C(C)C. The molecule has 0 radical (unpaired) electrons. The first-order chi connectivity index (χ1) is 9.17. The van der Waals surface area contributed by atoms with Crippen LogP contribution in [0.4, 0.5) is 0 Å². The number of hydrogen-bond acceptors (Lipinski definition) is 6. The van der Waals surface area contributed by atoms with Crippen LogP contribution >= 0.6 is 0 Å². The van der Waals surface area contributed by atoms with Gasteiger partial charge in [0.2, 0.25) is 5.82 Å². The summed E-state index contributed by atoms with van der Waals surface area (Å²) < 4.78 is 10.8. The molecule has 0 aliphatic carbocycles. The normalized spacial score (nSPS) is 12.6. The van der Waals surface area contributed by atoms with Gasteiger partial charge in [0.15, 0.2) is 0 Å². The van der Waals surface area contributed by atoms with Crippen molar-refractivity contribution >= 4 is 0 Å². The highest BCUT2D eigenvalue weighted by atomic mass is 16.5. The van der Waals surface area contributed by atoms with Crippen LogP contribution in [0.3, 0.4) is 0 Å². The first-order valence-electron chi connectivity index (χ1n) is 6.06. The Labute approximate surface area is 110 Å². The Morgan fingerprint density at radius 1 is 1.53 bits per heavy atom. The summed E-state index contributed by atoms with van der Waals surface area (Å²) in [6, 6.07) is 1.98. The lowest BCUT2D eigenvalue weighted by molar-refractivity contribution is 0.0217. The van der Waals surface area contributed by atoms with Crippen LogP contribution in [0, 0.1) is 17.2 Å². The third kappa shape index (κ3) is 2.63. The highest BCUT2D eigenvalue weighted by Crippen LogP contribution is 2.26. The molecule has 2 heterocycles. The molecular weight excluding hydrogens is 246 g/mol. The summed E-state index contributed by atoms with van der Waals surface area (Å²) in [7, 11) is 0. The van der Waals surface area contributed by atoms with E-state index in [0.29, 0.717) is 23.7 Å². The molecule has 0 fully saturated rings. The van der Waals surface area contributed by atoms with E-state index >= 15 is 0 Å². The van der Waals surface area contributed by atoms with Crippen LogP contribution in [-0.2, 0) is 4.74 Å². The van der Waals surface area contributed by atoms with Crippen molar-refractivity contribution in [3.8, 4) is 17.5 Å². The Morgan fingerprint density at radius 3 is 2.95 bits per heavy atom. The van der Waals surface area contributed by atoms with Crippen LogP contribution in [-0.4, -0.2) is 26.9 Å². The molecule has 7 heteroatoms. The van der Waals surface area contributed by atoms with Gasteiger partial charge in [0.1, 0.15) is 17.9 Å². The average Bonchev–Trinajstić information content (AvgIpc) is 3.03. The van der Waals surface area contributed by atoms with Crippen molar-refractivity contribution in [1.29, 1.82) is 5.26 Å². The maximum Gasteiger partial charge on any atom is 0.262 e. The molecule has 7 nitrogen and oxygen atoms in total. The van der Waals surface area contributed by atoms with Gasteiger partial charge in [-0.2, -0.15) is 15.3 Å². The summed E-state index contributed by atoms with van der Waals surface area (Å²) >= 11 is 0. The first-order valence-corrected chi connectivity index (χ1v) is 6.06. The Kier molecular flexibility index (Phi) is 3.92. The van der Waals surface area contributed by atoms with Gasteiger partial charge in [0.25, 0.3) is 5.89 Å². The van der Waals surface area contributed by atoms with Crippen LogP contribution in [0.2, 0.25) is 0 Å². The minimum atomic E-state index is -0.222. The number of H-pyrrole nitrogens is 1. The van der Waals surface area contributed by atoms with E-state index in [1.807, 2.05) is 26.8 Å². The van der Waals surface area contributed by atoms with Crippen molar-refractivity contribution in [2.24, 2.45) is 5.92 Å². The van der Waals surface area contributed by atoms with Gasteiger partial charge >= 0.3 is 0 Å². The van der Waals surface area contributed by atoms with Crippen molar-refractivity contribution in [1.82, 2.24) is 20.3 Å². The van der Waals surface area contributed by atoms with Gasteiger partial charge in [-0.25, -0.2) is 0 Å². The van der Waals surface area contributed by atoms with Gasteiger partial charge in [-0.3, -0.25) is 5.10 Å². The lowest BCUT2D eigenvalue weighted by Gasteiger charge is -2.16. The summed E-state index contributed by atoms with van der Waals surface area (Å²) in [5.41, 5.74) is 0.799. The van der Waals surface area contributed by atoms with E-state index in [1.54, 1.807) is 0 Å². The fourth-order valence-electron chi connectivity index (χ4n) is 1.74. The monoisotopic (exact) mass is 261 g/mol. The predicted molar refractivity (Wildman–Crippen MR) is 65.8 cm³/mol. The molecule has 0 saturated heterocycles. The quantitative estimate of drug-likeness (QED) is 0.884. The third-order valence-corrected chi connectivity index (χ3v) is 2.63. The minimum Gasteiger partial charge on any atom is -0.370 e. The minimum absolute atomic E-state index is 0.222. The van der Waals surface area contributed by atoms with Gasteiger partial charge in [-0.05, 0) is 12.8 Å². The molecule has 1 unspecified atom stereocenters. The lowest BCUT2D eigenvalue weighted by atomic mass is 10.1. The van der Waals surface area contributed by atoms with Crippen molar-refractivity contribution in [2.75, 3.05) is 6.61 Å². The van der Waals surface area contributed by atoms with Crippen LogP contribution in [0.15, 0.2) is 10.7 Å². The molecule has 1 atom stereocenters. The molecule has 0 amide bonds. The fourth-order valence-corrected chi connectivity index (χ4v) is 1.74. The zero-order valence-corrected chi connectivity index (χ0v) is 11.0. The Morgan fingerprint density at radius 2 is 2.32 bits per heavy atom. The van der Waals surface area contributed by atoms with Gasteiger partial charge in [-0.1, -0.05) is 19.0 Å². The molecule has 0 aromatic carbocycles. The zero-order valence-electron chi connectivity index (χ0n) is 11.0. The van der Waals surface area contributed by atoms with E-state index in [1.165, 1.54) is 6.20 Å². The molecule has 0 aliphatic rings. The lowest BCUT2D eigenvalue weighted by Crippen LogP contribution is -2.12. The zero-order chi connectivity index (χ0) is 13.8. The first kappa shape index (κ1) is 13.2. The third-order valence-electron chi connectivity index (χ3n) is 2.63. The second-order valence-electron chi connectivity index (χ2n) is 4.35. The standard InChI is InChI=1S/C12H15N5O2/c1-4-18-10(7(2)3)11-15-12(19-17-11)8-6-14-16-9(8)5-13/h6-7,10H,4H2,1-3H3,(H,14,16). The fraction of sp³-hybridized carbons (Fsp3) is 0.500. The molecule has 100 valence electrons. The molecule has 2 aromatic rings. The Balaban J connectivity index is 2.31. The number of ether oxygens (including phenoxy) is 1. The molecule has 1 N–H and O–H groups in total. The molecule has 0 aliphatic heterocycles. The number of hydrogen-bond donors (Lipinski definition) is 1. The average molecular weight is 261 g/mol. The number of nitrogens with zero attached hydrogens (tertiary/aromatic N) is 4. The summed E-state index contributed by atoms with van der Waals surface area (Å²) in [4.78, 5) is 4.29. The van der Waals surface area contributed by atoms with Crippen LogP contribution in [0.25, 0.3) is 11.5 Å². The Hall–Kier alpha value is -2.20. The molecule has 0 saturated carbocycles. The predicted octanol–water partition coefficient (Wildman–Crippen LogP) is 2.06. The van der Waals surface area contributed by atoms with Crippen LogP contribution < -0.4 is 0 Å². The molecule has 0 bridgehead atoms. The number of rotatable bonds is 5. The molecule has 2 rings (SSSR count).